The molecule has 1 aliphatic rings. The number of rotatable bonds is 3. The summed E-state index contributed by atoms with van der Waals surface area (Å²) in [6.07, 6.45) is 3.12. The Bertz CT molecular complexity index is 553. The van der Waals surface area contributed by atoms with Crippen LogP contribution in [0.3, 0.4) is 0 Å². The normalized spacial score (nSPS) is 17.1. The van der Waals surface area contributed by atoms with E-state index in [1.807, 2.05) is 6.20 Å². The van der Waals surface area contributed by atoms with Gasteiger partial charge in [0.2, 0.25) is 0 Å². The topological polar surface area (TPSA) is 33.1 Å². The van der Waals surface area contributed by atoms with Crippen molar-refractivity contribution < 1.29 is 0 Å². The van der Waals surface area contributed by atoms with Crippen molar-refractivity contribution in [3.63, 3.8) is 0 Å². The van der Waals surface area contributed by atoms with Gasteiger partial charge in [0.15, 0.2) is 0 Å². The average Bonchev–Trinajstić information content (AvgIpc) is 2.75. The standard InChI is InChI=1S/C16H22N4/c1-14-5-2-3-6-16(14)20-15(7-9-18-20)13-19-11-4-8-17-10-12-19/h2-3,5-7,9,17H,4,8,10-13H2,1H3. The van der Waals surface area contributed by atoms with Gasteiger partial charge in [-0.25, -0.2) is 4.68 Å². The van der Waals surface area contributed by atoms with E-state index in [0.29, 0.717) is 0 Å². The highest BCUT2D eigenvalue weighted by Gasteiger charge is 2.13. The molecule has 1 saturated heterocycles. The Balaban J connectivity index is 1.81. The first-order valence-corrected chi connectivity index (χ1v) is 7.36. The number of hydrogen-bond acceptors (Lipinski definition) is 3. The van der Waals surface area contributed by atoms with Crippen LogP contribution in [0.25, 0.3) is 5.69 Å². The largest absolute Gasteiger partial charge is 0.315 e. The van der Waals surface area contributed by atoms with Crippen LogP contribution in [-0.4, -0.2) is 40.9 Å². The van der Waals surface area contributed by atoms with Gasteiger partial charge < -0.3 is 5.32 Å². The summed E-state index contributed by atoms with van der Waals surface area (Å²) in [6.45, 7) is 7.59. The van der Waals surface area contributed by atoms with Crippen LogP contribution in [0.15, 0.2) is 36.5 Å². The third kappa shape index (κ3) is 2.92. The summed E-state index contributed by atoms with van der Waals surface area (Å²) >= 11 is 0. The van der Waals surface area contributed by atoms with E-state index in [0.717, 1.165) is 32.7 Å². The van der Waals surface area contributed by atoms with Crippen molar-refractivity contribution in [1.29, 1.82) is 0 Å². The van der Waals surface area contributed by atoms with Crippen LogP contribution in [-0.2, 0) is 6.54 Å². The van der Waals surface area contributed by atoms with E-state index >= 15 is 0 Å². The Labute approximate surface area is 120 Å². The number of nitrogens with zero attached hydrogens (tertiary/aromatic N) is 3. The highest BCUT2D eigenvalue weighted by atomic mass is 15.3. The number of benzene rings is 1. The Morgan fingerprint density at radius 3 is 2.95 bits per heavy atom. The van der Waals surface area contributed by atoms with Crippen LogP contribution in [0, 0.1) is 6.92 Å². The van der Waals surface area contributed by atoms with E-state index in [1.54, 1.807) is 0 Å². The lowest BCUT2D eigenvalue weighted by Crippen LogP contribution is -2.28. The summed E-state index contributed by atoms with van der Waals surface area (Å²) in [5.41, 5.74) is 3.71. The van der Waals surface area contributed by atoms with Gasteiger partial charge in [-0.15, -0.1) is 0 Å². The van der Waals surface area contributed by atoms with Crippen molar-refractivity contribution in [2.45, 2.75) is 19.9 Å². The molecule has 1 aromatic heterocycles. The molecule has 0 bridgehead atoms. The van der Waals surface area contributed by atoms with Gasteiger partial charge in [0.1, 0.15) is 0 Å². The Hall–Kier alpha value is -1.65. The summed E-state index contributed by atoms with van der Waals surface area (Å²) in [7, 11) is 0. The first-order valence-electron chi connectivity index (χ1n) is 7.36. The summed E-state index contributed by atoms with van der Waals surface area (Å²) in [6, 6.07) is 10.5. The molecule has 0 spiro atoms. The van der Waals surface area contributed by atoms with Gasteiger partial charge in [0.05, 0.1) is 11.4 Å². The van der Waals surface area contributed by atoms with E-state index in [9.17, 15) is 0 Å². The molecule has 0 saturated carbocycles. The molecule has 0 amide bonds. The molecule has 1 aliphatic heterocycles. The minimum Gasteiger partial charge on any atom is -0.315 e. The minimum absolute atomic E-state index is 0.968. The quantitative estimate of drug-likeness (QED) is 0.926. The van der Waals surface area contributed by atoms with E-state index < -0.39 is 0 Å². The van der Waals surface area contributed by atoms with Crippen LogP contribution >= 0.6 is 0 Å². The molecule has 1 N–H and O–H groups in total. The molecule has 2 heterocycles. The number of aryl methyl sites for hydroxylation is 1. The molecule has 1 aromatic carbocycles. The maximum absolute atomic E-state index is 4.51. The zero-order valence-electron chi connectivity index (χ0n) is 12.0. The molecule has 4 heteroatoms. The first kappa shape index (κ1) is 13.3. The molecule has 106 valence electrons. The van der Waals surface area contributed by atoms with E-state index in [-0.39, 0.29) is 0 Å². The smallest absolute Gasteiger partial charge is 0.0678 e. The monoisotopic (exact) mass is 270 g/mol. The highest BCUT2D eigenvalue weighted by Crippen LogP contribution is 2.16. The molecule has 0 atom stereocenters. The van der Waals surface area contributed by atoms with Crippen LogP contribution < -0.4 is 5.32 Å². The van der Waals surface area contributed by atoms with Gasteiger partial charge in [0, 0.05) is 25.8 Å². The van der Waals surface area contributed by atoms with Crippen LogP contribution in [0.5, 0.6) is 0 Å². The van der Waals surface area contributed by atoms with Crippen molar-refractivity contribution in [2.75, 3.05) is 26.2 Å². The van der Waals surface area contributed by atoms with Crippen molar-refractivity contribution in [2.24, 2.45) is 0 Å². The van der Waals surface area contributed by atoms with E-state index in [2.05, 4.69) is 57.3 Å². The van der Waals surface area contributed by atoms with Gasteiger partial charge in [-0.3, -0.25) is 4.90 Å². The third-order valence-electron chi connectivity index (χ3n) is 3.88. The van der Waals surface area contributed by atoms with Crippen LogP contribution in [0.1, 0.15) is 17.7 Å². The molecule has 20 heavy (non-hydrogen) atoms. The van der Waals surface area contributed by atoms with Crippen molar-refractivity contribution in [3.05, 3.63) is 47.8 Å². The van der Waals surface area contributed by atoms with Crippen molar-refractivity contribution in [3.8, 4) is 5.69 Å². The molecule has 0 aliphatic carbocycles. The second kappa shape index (κ2) is 6.20. The SMILES string of the molecule is Cc1ccccc1-n1nccc1CN1CCCNCC1. The summed E-state index contributed by atoms with van der Waals surface area (Å²) in [5, 5.41) is 7.96. The molecule has 4 nitrogen and oxygen atoms in total. The van der Waals surface area contributed by atoms with Crippen LogP contribution in [0.4, 0.5) is 0 Å². The minimum atomic E-state index is 0.968. The second-order valence-corrected chi connectivity index (χ2v) is 5.40. The number of nitrogens with one attached hydrogen (secondary N) is 1. The molecular formula is C16H22N4. The number of para-hydroxylation sites is 1. The Kier molecular flexibility index (Phi) is 4.14. The second-order valence-electron chi connectivity index (χ2n) is 5.40. The molecule has 2 aromatic rings. The van der Waals surface area contributed by atoms with Gasteiger partial charge in [0.25, 0.3) is 0 Å². The fraction of sp³-hybridized carbons (Fsp3) is 0.438. The zero-order chi connectivity index (χ0) is 13.8. The highest BCUT2D eigenvalue weighted by molar-refractivity contribution is 5.40. The summed E-state index contributed by atoms with van der Waals surface area (Å²) in [5.74, 6) is 0. The molecule has 1 fully saturated rings. The number of hydrogen-bond donors (Lipinski definition) is 1. The summed E-state index contributed by atoms with van der Waals surface area (Å²) < 4.78 is 2.08. The molecule has 0 unspecified atom stereocenters. The average molecular weight is 270 g/mol. The Morgan fingerprint density at radius 1 is 1.15 bits per heavy atom. The molecule has 0 radical (unpaired) electrons. The van der Waals surface area contributed by atoms with E-state index in [1.165, 1.54) is 23.4 Å². The van der Waals surface area contributed by atoms with Gasteiger partial charge in [-0.05, 0) is 44.1 Å². The third-order valence-corrected chi connectivity index (χ3v) is 3.88. The summed E-state index contributed by atoms with van der Waals surface area (Å²) in [4.78, 5) is 2.51. The predicted molar refractivity (Wildman–Crippen MR) is 81.1 cm³/mol. The lowest BCUT2D eigenvalue weighted by molar-refractivity contribution is 0.278. The maximum atomic E-state index is 4.51. The lowest BCUT2D eigenvalue weighted by Gasteiger charge is -2.20. The fourth-order valence-corrected chi connectivity index (χ4v) is 2.76. The lowest BCUT2D eigenvalue weighted by atomic mass is 10.2. The zero-order valence-corrected chi connectivity index (χ0v) is 12.0. The van der Waals surface area contributed by atoms with E-state index in [4.69, 9.17) is 0 Å². The van der Waals surface area contributed by atoms with Gasteiger partial charge in [-0.2, -0.15) is 5.10 Å². The van der Waals surface area contributed by atoms with Crippen molar-refractivity contribution in [1.82, 2.24) is 20.0 Å². The Morgan fingerprint density at radius 2 is 2.05 bits per heavy atom. The first-order chi connectivity index (χ1) is 9.84. The molecular weight excluding hydrogens is 248 g/mol. The van der Waals surface area contributed by atoms with Crippen LogP contribution in [0.2, 0.25) is 0 Å². The fourth-order valence-electron chi connectivity index (χ4n) is 2.76. The predicted octanol–water partition coefficient (Wildman–Crippen LogP) is 1.98. The maximum Gasteiger partial charge on any atom is 0.0678 e. The van der Waals surface area contributed by atoms with Gasteiger partial charge >= 0.3 is 0 Å². The van der Waals surface area contributed by atoms with Gasteiger partial charge in [-0.1, -0.05) is 18.2 Å². The molecule has 3 rings (SSSR count). The number of aromatic nitrogens is 2. The van der Waals surface area contributed by atoms with Crippen molar-refractivity contribution >= 4 is 0 Å².